The number of nitrogens with one attached hydrogen (secondary N) is 1. The van der Waals surface area contributed by atoms with Crippen LogP contribution in [0.4, 0.5) is 5.82 Å². The van der Waals surface area contributed by atoms with Crippen LogP contribution in [0.15, 0.2) is 21.2 Å². The first-order valence-electron chi connectivity index (χ1n) is 5.50. The van der Waals surface area contributed by atoms with Crippen molar-refractivity contribution in [1.29, 1.82) is 0 Å². The molecule has 1 heterocycles. The van der Waals surface area contributed by atoms with Gasteiger partial charge in [-0.15, -0.1) is 0 Å². The molecule has 3 nitrogen and oxygen atoms in total. The van der Waals surface area contributed by atoms with Crippen molar-refractivity contribution in [3.05, 3.63) is 21.2 Å². The quantitative estimate of drug-likeness (QED) is 0.862. The molecule has 1 aliphatic rings. The van der Waals surface area contributed by atoms with Gasteiger partial charge in [0, 0.05) is 22.8 Å². The van der Waals surface area contributed by atoms with Gasteiger partial charge in [-0.05, 0) is 50.8 Å². The number of aromatic nitrogens is 1. The maximum atomic E-state index is 6.09. The topological polar surface area (TPSA) is 50.9 Å². The van der Waals surface area contributed by atoms with Gasteiger partial charge in [0.2, 0.25) is 0 Å². The average Bonchev–Trinajstić information content (AvgIpc) is 2.25. The largest absolute Gasteiger partial charge is 0.365 e. The Bertz CT molecular complexity index is 370. The number of nitrogens with two attached hydrogens (primary N) is 1. The number of anilines is 1. The van der Waals surface area contributed by atoms with Crippen molar-refractivity contribution < 1.29 is 0 Å². The fourth-order valence-corrected chi connectivity index (χ4v) is 3.14. The Morgan fingerprint density at radius 1 is 1.31 bits per heavy atom. The van der Waals surface area contributed by atoms with Gasteiger partial charge in [0.15, 0.2) is 0 Å². The van der Waals surface area contributed by atoms with Crippen LogP contribution in [0.2, 0.25) is 0 Å². The zero-order valence-corrected chi connectivity index (χ0v) is 12.1. The van der Waals surface area contributed by atoms with Crippen LogP contribution in [-0.2, 0) is 0 Å². The van der Waals surface area contributed by atoms with Crippen molar-refractivity contribution in [3.63, 3.8) is 0 Å². The number of hydrogen-bond acceptors (Lipinski definition) is 3. The molecule has 1 aromatic rings. The fraction of sp³-hybridized carbons (Fsp3) is 0.545. The number of hydrogen-bond donors (Lipinski definition) is 2. The van der Waals surface area contributed by atoms with E-state index in [4.69, 9.17) is 5.73 Å². The van der Waals surface area contributed by atoms with Crippen molar-refractivity contribution in [2.45, 2.75) is 37.8 Å². The van der Waals surface area contributed by atoms with Crippen LogP contribution in [-0.4, -0.2) is 17.1 Å². The normalized spacial score (nSPS) is 25.4. The minimum Gasteiger partial charge on any atom is -0.365 e. The summed E-state index contributed by atoms with van der Waals surface area (Å²) >= 11 is 6.89. The standard InChI is InChI=1S/C11H15Br2N3/c12-7-5-8(13)11(15-6-7)16-10-4-2-1-3-9(10)14/h5-6,9-10H,1-4,14H2,(H,15,16). The third-order valence-electron chi connectivity index (χ3n) is 2.95. The molecule has 1 saturated carbocycles. The van der Waals surface area contributed by atoms with Gasteiger partial charge in [0.25, 0.3) is 0 Å². The molecule has 0 amide bonds. The average molecular weight is 349 g/mol. The first-order chi connectivity index (χ1) is 7.66. The molecule has 0 saturated heterocycles. The summed E-state index contributed by atoms with van der Waals surface area (Å²) in [5.41, 5.74) is 6.09. The summed E-state index contributed by atoms with van der Waals surface area (Å²) in [6.07, 6.45) is 6.52. The van der Waals surface area contributed by atoms with Crippen molar-refractivity contribution in [1.82, 2.24) is 4.98 Å². The first-order valence-corrected chi connectivity index (χ1v) is 7.08. The van der Waals surface area contributed by atoms with Crippen molar-refractivity contribution >= 4 is 37.7 Å². The van der Waals surface area contributed by atoms with E-state index in [1.54, 1.807) is 6.20 Å². The van der Waals surface area contributed by atoms with Crippen molar-refractivity contribution in [2.75, 3.05) is 5.32 Å². The SMILES string of the molecule is NC1CCCCC1Nc1ncc(Br)cc1Br. The molecule has 1 aliphatic carbocycles. The van der Waals surface area contributed by atoms with Crippen molar-refractivity contribution in [2.24, 2.45) is 5.73 Å². The van der Waals surface area contributed by atoms with E-state index in [9.17, 15) is 0 Å². The zero-order chi connectivity index (χ0) is 11.5. The van der Waals surface area contributed by atoms with Crippen LogP contribution in [0.3, 0.4) is 0 Å². The second-order valence-corrected chi connectivity index (χ2v) is 5.95. The lowest BCUT2D eigenvalue weighted by molar-refractivity contribution is 0.403. The third kappa shape index (κ3) is 2.96. The third-order valence-corrected chi connectivity index (χ3v) is 3.99. The number of nitrogens with zero attached hydrogens (tertiary/aromatic N) is 1. The smallest absolute Gasteiger partial charge is 0.140 e. The van der Waals surface area contributed by atoms with Gasteiger partial charge in [-0.2, -0.15) is 0 Å². The lowest BCUT2D eigenvalue weighted by Gasteiger charge is -2.30. The molecule has 2 rings (SSSR count). The Labute approximate surface area is 112 Å². The molecule has 0 bridgehead atoms. The molecule has 0 spiro atoms. The Morgan fingerprint density at radius 2 is 2.06 bits per heavy atom. The molecule has 1 fully saturated rings. The van der Waals surface area contributed by atoms with Gasteiger partial charge in [-0.1, -0.05) is 12.8 Å². The minimum atomic E-state index is 0.242. The lowest BCUT2D eigenvalue weighted by atomic mass is 9.91. The Balaban J connectivity index is 2.07. The molecule has 3 N–H and O–H groups in total. The molecular weight excluding hydrogens is 334 g/mol. The molecule has 0 aromatic carbocycles. The second kappa shape index (κ2) is 5.47. The second-order valence-electron chi connectivity index (χ2n) is 4.18. The van der Waals surface area contributed by atoms with E-state index in [0.29, 0.717) is 6.04 Å². The summed E-state index contributed by atoms with van der Waals surface area (Å²) in [5.74, 6) is 0.880. The predicted octanol–water partition coefficient (Wildman–Crippen LogP) is 3.29. The molecule has 1 aromatic heterocycles. The van der Waals surface area contributed by atoms with Gasteiger partial charge in [0.05, 0.1) is 4.47 Å². The first kappa shape index (κ1) is 12.3. The highest BCUT2D eigenvalue weighted by Crippen LogP contribution is 2.26. The van der Waals surface area contributed by atoms with Gasteiger partial charge in [-0.3, -0.25) is 0 Å². The highest BCUT2D eigenvalue weighted by molar-refractivity contribution is 9.11. The summed E-state index contributed by atoms with van der Waals surface area (Å²) in [6.45, 7) is 0. The lowest BCUT2D eigenvalue weighted by Crippen LogP contribution is -2.42. The van der Waals surface area contributed by atoms with Crippen LogP contribution in [0.5, 0.6) is 0 Å². The number of pyridine rings is 1. The molecule has 88 valence electrons. The van der Waals surface area contributed by atoms with Crippen LogP contribution < -0.4 is 11.1 Å². The summed E-state index contributed by atoms with van der Waals surface area (Å²) in [6, 6.07) is 2.58. The van der Waals surface area contributed by atoms with E-state index in [2.05, 4.69) is 42.2 Å². The Hall–Kier alpha value is -0.130. The van der Waals surface area contributed by atoms with E-state index in [1.165, 1.54) is 12.8 Å². The highest BCUT2D eigenvalue weighted by Gasteiger charge is 2.22. The van der Waals surface area contributed by atoms with E-state index in [1.807, 2.05) is 6.07 Å². The van der Waals surface area contributed by atoms with Crippen LogP contribution in [0, 0.1) is 0 Å². The Morgan fingerprint density at radius 3 is 2.75 bits per heavy atom. The van der Waals surface area contributed by atoms with E-state index < -0.39 is 0 Å². The van der Waals surface area contributed by atoms with Crippen molar-refractivity contribution in [3.8, 4) is 0 Å². The molecule has 2 unspecified atom stereocenters. The molecule has 5 heteroatoms. The summed E-state index contributed by atoms with van der Waals surface area (Å²) in [7, 11) is 0. The molecular formula is C11H15Br2N3. The predicted molar refractivity (Wildman–Crippen MR) is 73.5 cm³/mol. The van der Waals surface area contributed by atoms with Crippen LogP contribution in [0.25, 0.3) is 0 Å². The summed E-state index contributed by atoms with van der Waals surface area (Å²) < 4.78 is 1.94. The highest BCUT2D eigenvalue weighted by atomic mass is 79.9. The molecule has 2 atom stereocenters. The number of rotatable bonds is 2. The van der Waals surface area contributed by atoms with Crippen LogP contribution in [0.1, 0.15) is 25.7 Å². The van der Waals surface area contributed by atoms with E-state index in [0.717, 1.165) is 27.6 Å². The maximum Gasteiger partial charge on any atom is 0.140 e. The summed E-state index contributed by atoms with van der Waals surface area (Å²) in [4.78, 5) is 4.35. The summed E-state index contributed by atoms with van der Waals surface area (Å²) in [5, 5.41) is 3.42. The zero-order valence-electron chi connectivity index (χ0n) is 8.92. The fourth-order valence-electron chi connectivity index (χ4n) is 2.04. The number of halogens is 2. The monoisotopic (exact) mass is 347 g/mol. The molecule has 0 aliphatic heterocycles. The molecule has 16 heavy (non-hydrogen) atoms. The minimum absolute atomic E-state index is 0.242. The van der Waals surface area contributed by atoms with Gasteiger partial charge in [-0.25, -0.2) is 4.98 Å². The van der Waals surface area contributed by atoms with Gasteiger partial charge in [0.1, 0.15) is 5.82 Å². The molecule has 0 radical (unpaired) electrons. The van der Waals surface area contributed by atoms with E-state index >= 15 is 0 Å². The van der Waals surface area contributed by atoms with Gasteiger partial charge < -0.3 is 11.1 Å². The van der Waals surface area contributed by atoms with Gasteiger partial charge >= 0.3 is 0 Å². The van der Waals surface area contributed by atoms with Crippen LogP contribution >= 0.6 is 31.9 Å². The van der Waals surface area contributed by atoms with E-state index in [-0.39, 0.29) is 6.04 Å². The maximum absolute atomic E-state index is 6.09. The Kier molecular flexibility index (Phi) is 4.21.